The molecule has 0 saturated heterocycles. The Hall–Kier alpha value is -1.97. The fourth-order valence-electron chi connectivity index (χ4n) is 4.83. The first kappa shape index (κ1) is 36.1. The third-order valence-corrected chi connectivity index (χ3v) is 7.30. The monoisotopic (exact) mass is 558 g/mol. The molecule has 0 aliphatic heterocycles. The fourth-order valence-corrected chi connectivity index (χ4v) is 4.83. The quantitative estimate of drug-likeness (QED) is 0.0583. The molecule has 230 valence electrons. The van der Waals surface area contributed by atoms with Crippen LogP contribution in [0, 0.1) is 0 Å². The van der Waals surface area contributed by atoms with Gasteiger partial charge in [0.2, 0.25) is 0 Å². The van der Waals surface area contributed by atoms with Crippen LogP contribution in [0.2, 0.25) is 0 Å². The molecule has 1 aromatic carbocycles. The SMILES string of the molecule is CCCCCCCCCCCCOc1cc(C=CC(=O)OCCC)cc(OCCCCCCCCCCCC)c1. The van der Waals surface area contributed by atoms with Crippen LogP contribution in [0.3, 0.4) is 0 Å². The highest BCUT2D eigenvalue weighted by Crippen LogP contribution is 2.25. The van der Waals surface area contributed by atoms with Crippen LogP contribution < -0.4 is 9.47 Å². The molecule has 0 fully saturated rings. The standard InChI is InChI=1S/C36H62O4/c1-4-7-9-11-13-15-17-19-21-23-28-38-34-30-33(25-26-36(37)40-27-6-3)31-35(32-34)39-29-24-22-20-18-16-14-12-10-8-5-2/h25-26,30-32H,4-24,27-29H2,1-3H3. The lowest BCUT2D eigenvalue weighted by Crippen LogP contribution is -2.02. The van der Waals surface area contributed by atoms with E-state index in [4.69, 9.17) is 14.2 Å². The number of carbonyl (C=O) groups is 1. The average molecular weight is 559 g/mol. The maximum absolute atomic E-state index is 11.9. The topological polar surface area (TPSA) is 44.8 Å². The van der Waals surface area contributed by atoms with Crippen molar-refractivity contribution in [2.45, 2.75) is 156 Å². The number of benzene rings is 1. The van der Waals surface area contributed by atoms with Crippen LogP contribution in [0.15, 0.2) is 24.3 Å². The zero-order valence-corrected chi connectivity index (χ0v) is 26.5. The van der Waals surface area contributed by atoms with E-state index in [9.17, 15) is 4.79 Å². The van der Waals surface area contributed by atoms with Gasteiger partial charge in [-0.1, -0.05) is 136 Å². The molecule has 4 nitrogen and oxygen atoms in total. The van der Waals surface area contributed by atoms with Gasteiger partial charge in [0.15, 0.2) is 0 Å². The second-order valence-corrected chi connectivity index (χ2v) is 11.3. The van der Waals surface area contributed by atoms with E-state index in [1.807, 2.05) is 25.1 Å². The van der Waals surface area contributed by atoms with Crippen LogP contribution in [0.5, 0.6) is 11.5 Å². The molecule has 0 amide bonds. The van der Waals surface area contributed by atoms with Gasteiger partial charge >= 0.3 is 5.97 Å². The summed E-state index contributed by atoms with van der Waals surface area (Å²) < 4.78 is 17.4. The van der Waals surface area contributed by atoms with Crippen molar-refractivity contribution in [3.63, 3.8) is 0 Å². The molecule has 0 bridgehead atoms. The van der Waals surface area contributed by atoms with Crippen molar-refractivity contribution in [2.24, 2.45) is 0 Å². The van der Waals surface area contributed by atoms with Crippen LogP contribution in [-0.2, 0) is 9.53 Å². The first-order chi connectivity index (χ1) is 19.7. The Kier molecular flexibility index (Phi) is 24.5. The number of esters is 1. The Labute approximate surface area is 247 Å². The molecule has 0 radical (unpaired) electrons. The number of ether oxygens (including phenoxy) is 3. The minimum Gasteiger partial charge on any atom is -0.493 e. The predicted octanol–water partition coefficient (Wildman–Crippen LogP) is 11.3. The average Bonchev–Trinajstić information content (AvgIpc) is 2.96. The molecule has 0 aliphatic carbocycles. The van der Waals surface area contributed by atoms with Gasteiger partial charge in [-0.3, -0.25) is 0 Å². The number of unbranched alkanes of at least 4 members (excludes halogenated alkanes) is 18. The normalized spacial score (nSPS) is 11.3. The van der Waals surface area contributed by atoms with Crippen molar-refractivity contribution < 1.29 is 19.0 Å². The molecule has 0 atom stereocenters. The molecule has 4 heteroatoms. The van der Waals surface area contributed by atoms with Gasteiger partial charge in [-0.15, -0.1) is 0 Å². The molecular weight excluding hydrogens is 496 g/mol. The van der Waals surface area contributed by atoms with E-state index in [0.717, 1.165) is 36.3 Å². The van der Waals surface area contributed by atoms with Crippen LogP contribution in [-0.4, -0.2) is 25.8 Å². The number of carbonyl (C=O) groups excluding carboxylic acids is 1. The van der Waals surface area contributed by atoms with Gasteiger partial charge in [0.1, 0.15) is 11.5 Å². The highest BCUT2D eigenvalue weighted by molar-refractivity contribution is 5.87. The van der Waals surface area contributed by atoms with E-state index < -0.39 is 0 Å². The minimum absolute atomic E-state index is 0.314. The zero-order valence-electron chi connectivity index (χ0n) is 26.5. The summed E-state index contributed by atoms with van der Waals surface area (Å²) in [6, 6.07) is 5.94. The summed E-state index contributed by atoms with van der Waals surface area (Å²) in [5, 5.41) is 0. The van der Waals surface area contributed by atoms with E-state index in [2.05, 4.69) is 13.8 Å². The number of hydrogen-bond acceptors (Lipinski definition) is 4. The lowest BCUT2D eigenvalue weighted by atomic mass is 10.1. The van der Waals surface area contributed by atoms with Crippen molar-refractivity contribution in [1.82, 2.24) is 0 Å². The Morgan fingerprint density at radius 1 is 0.525 bits per heavy atom. The molecule has 0 saturated carbocycles. The highest BCUT2D eigenvalue weighted by Gasteiger charge is 2.04. The van der Waals surface area contributed by atoms with Crippen molar-refractivity contribution in [3.8, 4) is 11.5 Å². The lowest BCUT2D eigenvalue weighted by Gasteiger charge is -2.12. The maximum atomic E-state index is 11.9. The largest absolute Gasteiger partial charge is 0.493 e. The van der Waals surface area contributed by atoms with Crippen LogP contribution >= 0.6 is 0 Å². The van der Waals surface area contributed by atoms with Gasteiger partial charge in [-0.25, -0.2) is 4.79 Å². The second kappa shape index (κ2) is 27.2. The molecule has 0 aromatic heterocycles. The van der Waals surface area contributed by atoms with Crippen molar-refractivity contribution in [1.29, 1.82) is 0 Å². The van der Waals surface area contributed by atoms with Gasteiger partial charge < -0.3 is 14.2 Å². The molecule has 0 N–H and O–H groups in total. The van der Waals surface area contributed by atoms with Gasteiger partial charge in [0, 0.05) is 12.1 Å². The summed E-state index contributed by atoms with van der Waals surface area (Å²) in [5.74, 6) is 1.29. The van der Waals surface area contributed by atoms with E-state index in [1.165, 1.54) is 122 Å². The first-order valence-electron chi connectivity index (χ1n) is 16.9. The zero-order chi connectivity index (χ0) is 28.9. The van der Waals surface area contributed by atoms with E-state index in [1.54, 1.807) is 6.08 Å². The second-order valence-electron chi connectivity index (χ2n) is 11.3. The summed E-state index contributed by atoms with van der Waals surface area (Å²) in [6.45, 7) is 8.39. The first-order valence-corrected chi connectivity index (χ1v) is 16.9. The Balaban J connectivity index is 2.41. The molecule has 0 spiro atoms. The van der Waals surface area contributed by atoms with Crippen molar-refractivity contribution >= 4 is 12.0 Å². The smallest absolute Gasteiger partial charge is 0.330 e. The third-order valence-electron chi connectivity index (χ3n) is 7.30. The van der Waals surface area contributed by atoms with Crippen molar-refractivity contribution in [2.75, 3.05) is 19.8 Å². The molecule has 1 rings (SSSR count). The molecule has 40 heavy (non-hydrogen) atoms. The molecule has 0 unspecified atom stereocenters. The van der Waals surface area contributed by atoms with E-state index >= 15 is 0 Å². The van der Waals surface area contributed by atoms with Gasteiger partial charge in [-0.2, -0.15) is 0 Å². The summed E-state index contributed by atoms with van der Waals surface area (Å²) in [7, 11) is 0. The maximum Gasteiger partial charge on any atom is 0.330 e. The number of rotatable bonds is 28. The van der Waals surface area contributed by atoms with Gasteiger partial charge in [0.25, 0.3) is 0 Å². The molecule has 0 heterocycles. The molecule has 1 aromatic rings. The summed E-state index contributed by atoms with van der Waals surface area (Å²) >= 11 is 0. The van der Waals surface area contributed by atoms with Crippen LogP contribution in [0.1, 0.15) is 161 Å². The lowest BCUT2D eigenvalue weighted by molar-refractivity contribution is -0.137. The fraction of sp³-hybridized carbons (Fsp3) is 0.750. The minimum atomic E-state index is -0.314. The Morgan fingerprint density at radius 3 is 1.32 bits per heavy atom. The summed E-state index contributed by atoms with van der Waals surface area (Å²) in [4.78, 5) is 11.9. The molecule has 0 aliphatic rings. The molecular formula is C36H62O4. The van der Waals surface area contributed by atoms with Crippen molar-refractivity contribution in [3.05, 3.63) is 29.8 Å². The van der Waals surface area contributed by atoms with Crippen LogP contribution in [0.25, 0.3) is 6.08 Å². The van der Waals surface area contributed by atoms with Gasteiger partial charge in [-0.05, 0) is 43.0 Å². The van der Waals surface area contributed by atoms with E-state index in [0.29, 0.717) is 19.8 Å². The third kappa shape index (κ3) is 21.8. The Bertz CT molecular complexity index is 698. The van der Waals surface area contributed by atoms with E-state index in [-0.39, 0.29) is 5.97 Å². The highest BCUT2D eigenvalue weighted by atomic mass is 16.5. The Morgan fingerprint density at radius 2 is 0.925 bits per heavy atom. The number of hydrogen-bond donors (Lipinski definition) is 0. The summed E-state index contributed by atoms with van der Waals surface area (Å²) in [6.07, 6.45) is 30.3. The van der Waals surface area contributed by atoms with Crippen LogP contribution in [0.4, 0.5) is 0 Å². The predicted molar refractivity (Wildman–Crippen MR) is 171 cm³/mol. The van der Waals surface area contributed by atoms with Gasteiger partial charge in [0.05, 0.1) is 19.8 Å². The summed E-state index contributed by atoms with van der Waals surface area (Å²) in [5.41, 5.74) is 0.895.